The average molecular weight is 318 g/mol. The third-order valence-electron chi connectivity index (χ3n) is 4.68. The summed E-state index contributed by atoms with van der Waals surface area (Å²) in [6, 6.07) is 19.2. The van der Waals surface area contributed by atoms with Crippen LogP contribution in [0.2, 0.25) is 0 Å². The van der Waals surface area contributed by atoms with E-state index in [0.717, 1.165) is 23.2 Å². The van der Waals surface area contributed by atoms with Crippen LogP contribution in [0.3, 0.4) is 0 Å². The second-order valence-corrected chi connectivity index (χ2v) is 6.40. The molecule has 0 aliphatic carbocycles. The molecule has 1 aliphatic heterocycles. The highest BCUT2D eigenvalue weighted by atomic mass is 19.1. The van der Waals surface area contributed by atoms with Gasteiger partial charge in [-0.1, -0.05) is 54.6 Å². The number of amidine groups is 1. The topological polar surface area (TPSA) is 15.6 Å². The van der Waals surface area contributed by atoms with Crippen molar-refractivity contribution in [3.63, 3.8) is 0 Å². The van der Waals surface area contributed by atoms with Gasteiger partial charge in [0, 0.05) is 26.1 Å². The van der Waals surface area contributed by atoms with Gasteiger partial charge >= 0.3 is 0 Å². The van der Waals surface area contributed by atoms with Crippen molar-refractivity contribution < 1.29 is 4.39 Å². The molecule has 0 amide bonds. The van der Waals surface area contributed by atoms with E-state index in [1.165, 1.54) is 17.0 Å². The molecule has 24 heavy (non-hydrogen) atoms. The molecule has 1 atom stereocenters. The molecular weight excluding hydrogens is 299 g/mol. The van der Waals surface area contributed by atoms with Gasteiger partial charge in [-0.15, -0.1) is 0 Å². The Bertz CT molecular complexity index is 943. The van der Waals surface area contributed by atoms with E-state index in [4.69, 9.17) is 4.99 Å². The van der Waals surface area contributed by atoms with E-state index in [-0.39, 0.29) is 11.9 Å². The van der Waals surface area contributed by atoms with E-state index in [2.05, 4.69) is 24.3 Å². The predicted molar refractivity (Wildman–Crippen MR) is 97.0 cm³/mol. The maximum atomic E-state index is 14.5. The van der Waals surface area contributed by atoms with Gasteiger partial charge in [-0.2, -0.15) is 0 Å². The zero-order valence-corrected chi connectivity index (χ0v) is 13.8. The second-order valence-electron chi connectivity index (χ2n) is 6.40. The normalized spacial score (nSPS) is 16.6. The molecule has 0 fully saturated rings. The predicted octanol–water partition coefficient (Wildman–Crippen LogP) is 4.58. The van der Waals surface area contributed by atoms with Crippen LogP contribution in [0.25, 0.3) is 10.8 Å². The summed E-state index contributed by atoms with van der Waals surface area (Å²) in [5, 5.41) is 2.32. The van der Waals surface area contributed by atoms with E-state index in [9.17, 15) is 4.39 Å². The molecule has 3 aromatic rings. The van der Waals surface area contributed by atoms with Crippen molar-refractivity contribution in [1.82, 2.24) is 4.90 Å². The van der Waals surface area contributed by atoms with Crippen molar-refractivity contribution >= 4 is 16.6 Å². The zero-order valence-electron chi connectivity index (χ0n) is 13.8. The Balaban J connectivity index is 2.01. The molecule has 2 nitrogen and oxygen atoms in total. The van der Waals surface area contributed by atoms with Crippen molar-refractivity contribution in [1.29, 1.82) is 0 Å². The molecule has 3 aromatic carbocycles. The van der Waals surface area contributed by atoms with Crippen LogP contribution in [0.5, 0.6) is 0 Å². The third-order valence-corrected chi connectivity index (χ3v) is 4.68. The van der Waals surface area contributed by atoms with E-state index < -0.39 is 0 Å². The van der Waals surface area contributed by atoms with Gasteiger partial charge < -0.3 is 4.90 Å². The lowest BCUT2D eigenvalue weighted by Crippen LogP contribution is -2.29. The molecule has 1 heterocycles. The van der Waals surface area contributed by atoms with Gasteiger partial charge in [-0.3, -0.25) is 4.99 Å². The standard InChI is InChI=1S/C21H19FN2/c1-24(2)19-13-15-12-11-14-7-3-4-8-16(14)20(15)21(23-19)17-9-5-6-10-18(17)22/h3-12,21H,13H2,1-2H3. The first-order chi connectivity index (χ1) is 11.6. The Kier molecular flexibility index (Phi) is 3.57. The molecule has 4 rings (SSSR count). The average Bonchev–Trinajstić information content (AvgIpc) is 2.61. The van der Waals surface area contributed by atoms with Gasteiger partial charge in [0.15, 0.2) is 0 Å². The number of hydrogen-bond acceptors (Lipinski definition) is 2. The Morgan fingerprint density at radius 3 is 2.50 bits per heavy atom. The monoisotopic (exact) mass is 318 g/mol. The van der Waals surface area contributed by atoms with E-state index in [0.29, 0.717) is 5.56 Å². The second kappa shape index (κ2) is 5.75. The molecule has 1 unspecified atom stereocenters. The summed E-state index contributed by atoms with van der Waals surface area (Å²) in [6.45, 7) is 0. The number of hydrogen-bond donors (Lipinski definition) is 0. The summed E-state index contributed by atoms with van der Waals surface area (Å²) in [4.78, 5) is 6.93. The van der Waals surface area contributed by atoms with E-state index >= 15 is 0 Å². The molecule has 0 bridgehead atoms. The Morgan fingerprint density at radius 1 is 0.958 bits per heavy atom. The van der Waals surface area contributed by atoms with Crippen LogP contribution in [-0.2, 0) is 6.42 Å². The van der Waals surface area contributed by atoms with Crippen molar-refractivity contribution in [3.8, 4) is 0 Å². The van der Waals surface area contributed by atoms with Crippen LogP contribution in [0.15, 0.2) is 65.7 Å². The van der Waals surface area contributed by atoms with Crippen LogP contribution in [-0.4, -0.2) is 24.8 Å². The largest absolute Gasteiger partial charge is 0.366 e. The Hall–Kier alpha value is -2.68. The maximum Gasteiger partial charge on any atom is 0.128 e. The number of benzene rings is 3. The lowest BCUT2D eigenvalue weighted by atomic mass is 9.86. The molecule has 0 saturated carbocycles. The van der Waals surface area contributed by atoms with Crippen LogP contribution < -0.4 is 0 Å². The highest BCUT2D eigenvalue weighted by molar-refractivity contribution is 5.93. The highest BCUT2D eigenvalue weighted by Crippen LogP contribution is 2.38. The van der Waals surface area contributed by atoms with Gasteiger partial charge in [-0.25, -0.2) is 4.39 Å². The minimum atomic E-state index is -0.307. The number of halogens is 1. The van der Waals surface area contributed by atoms with Gasteiger partial charge in [-0.05, 0) is 28.0 Å². The van der Waals surface area contributed by atoms with Gasteiger partial charge in [0.1, 0.15) is 17.7 Å². The van der Waals surface area contributed by atoms with E-state index in [1.807, 2.05) is 43.3 Å². The molecular formula is C21H19FN2. The first kappa shape index (κ1) is 14.9. The molecule has 0 spiro atoms. The fourth-order valence-electron chi connectivity index (χ4n) is 3.44. The molecule has 1 aliphatic rings. The molecule has 0 N–H and O–H groups in total. The van der Waals surface area contributed by atoms with Crippen molar-refractivity contribution in [3.05, 3.63) is 83.2 Å². The Morgan fingerprint density at radius 2 is 1.71 bits per heavy atom. The van der Waals surface area contributed by atoms with Crippen LogP contribution in [0, 0.1) is 5.82 Å². The minimum absolute atomic E-state index is 0.204. The number of aliphatic imine (C=N–C) groups is 1. The van der Waals surface area contributed by atoms with Gasteiger partial charge in [0.05, 0.1) is 0 Å². The van der Waals surface area contributed by atoms with Crippen LogP contribution in [0.1, 0.15) is 22.7 Å². The Labute approximate surface area is 141 Å². The molecule has 3 heteroatoms. The zero-order chi connectivity index (χ0) is 16.7. The first-order valence-corrected chi connectivity index (χ1v) is 8.14. The van der Waals surface area contributed by atoms with E-state index in [1.54, 1.807) is 6.07 Å². The number of rotatable bonds is 1. The van der Waals surface area contributed by atoms with Crippen molar-refractivity contribution in [2.45, 2.75) is 12.5 Å². The van der Waals surface area contributed by atoms with Crippen LogP contribution in [0.4, 0.5) is 4.39 Å². The summed E-state index contributed by atoms with van der Waals surface area (Å²) in [5.41, 5.74) is 2.98. The molecule has 0 radical (unpaired) electrons. The SMILES string of the molecule is CN(C)C1=NC(c2ccccc2F)c2c(ccc3ccccc23)C1. The fraction of sp³-hybridized carbons (Fsp3) is 0.190. The minimum Gasteiger partial charge on any atom is -0.366 e. The number of nitrogens with zero attached hydrogens (tertiary/aromatic N) is 2. The van der Waals surface area contributed by atoms with Crippen molar-refractivity contribution in [2.24, 2.45) is 4.99 Å². The van der Waals surface area contributed by atoms with Crippen molar-refractivity contribution in [2.75, 3.05) is 14.1 Å². The summed E-state index contributed by atoms with van der Waals surface area (Å²) in [5.74, 6) is 0.774. The van der Waals surface area contributed by atoms with Gasteiger partial charge in [0.25, 0.3) is 0 Å². The first-order valence-electron chi connectivity index (χ1n) is 8.14. The van der Waals surface area contributed by atoms with Gasteiger partial charge in [0.2, 0.25) is 0 Å². The summed E-state index contributed by atoms with van der Waals surface area (Å²) in [7, 11) is 3.98. The lowest BCUT2D eigenvalue weighted by Gasteiger charge is -2.29. The summed E-state index contributed by atoms with van der Waals surface area (Å²) >= 11 is 0. The summed E-state index contributed by atoms with van der Waals surface area (Å²) < 4.78 is 14.5. The molecule has 0 aromatic heterocycles. The molecule has 120 valence electrons. The van der Waals surface area contributed by atoms with Crippen LogP contribution >= 0.6 is 0 Å². The molecule has 0 saturated heterocycles. The number of fused-ring (bicyclic) bond motifs is 3. The quantitative estimate of drug-likeness (QED) is 0.641. The smallest absolute Gasteiger partial charge is 0.128 e. The number of likely N-dealkylation sites (N-methyl/N-ethyl adjacent to an activating group) is 1. The summed E-state index contributed by atoms with van der Waals surface area (Å²) in [6.07, 6.45) is 0.776. The fourth-order valence-corrected chi connectivity index (χ4v) is 3.44. The lowest BCUT2D eigenvalue weighted by molar-refractivity contribution is 0.575. The highest BCUT2D eigenvalue weighted by Gasteiger charge is 2.27. The maximum absolute atomic E-state index is 14.5. The third kappa shape index (κ3) is 2.37.